The number of rotatable bonds is 7. The Morgan fingerprint density at radius 3 is 2.29 bits per heavy atom. The van der Waals surface area contributed by atoms with Crippen LogP contribution in [0, 0.1) is 13.8 Å². The molecule has 2 aromatic rings. The molecule has 1 amide bonds. The van der Waals surface area contributed by atoms with E-state index in [9.17, 15) is 4.79 Å². The Morgan fingerprint density at radius 2 is 1.75 bits per heavy atom. The zero-order valence-electron chi connectivity index (χ0n) is 15.0. The SMILES string of the molecule is CCCN(CCC)c1ccc(C(=O)Nc2ccc(C)cc2C)nn1. The van der Waals surface area contributed by atoms with Gasteiger partial charge in [-0.1, -0.05) is 31.5 Å². The number of benzene rings is 1. The molecule has 0 radical (unpaired) electrons. The number of anilines is 2. The molecule has 0 atom stereocenters. The van der Waals surface area contributed by atoms with Crippen molar-refractivity contribution in [1.82, 2.24) is 10.2 Å². The van der Waals surface area contributed by atoms with E-state index in [4.69, 9.17) is 0 Å². The minimum Gasteiger partial charge on any atom is -0.355 e. The molecule has 5 heteroatoms. The highest BCUT2D eigenvalue weighted by Gasteiger charge is 2.12. The maximum Gasteiger partial charge on any atom is 0.276 e. The summed E-state index contributed by atoms with van der Waals surface area (Å²) in [6.07, 6.45) is 2.10. The molecule has 1 heterocycles. The van der Waals surface area contributed by atoms with Crippen molar-refractivity contribution in [2.75, 3.05) is 23.3 Å². The summed E-state index contributed by atoms with van der Waals surface area (Å²) in [6, 6.07) is 9.53. The molecule has 0 aliphatic rings. The summed E-state index contributed by atoms with van der Waals surface area (Å²) in [5.74, 6) is 0.584. The van der Waals surface area contributed by atoms with Gasteiger partial charge in [0.25, 0.3) is 5.91 Å². The van der Waals surface area contributed by atoms with Crippen molar-refractivity contribution in [3.63, 3.8) is 0 Å². The summed E-state index contributed by atoms with van der Waals surface area (Å²) in [5, 5.41) is 11.2. The number of aromatic nitrogens is 2. The van der Waals surface area contributed by atoms with Gasteiger partial charge in [0.1, 0.15) is 0 Å². The normalized spacial score (nSPS) is 10.5. The van der Waals surface area contributed by atoms with Crippen molar-refractivity contribution in [1.29, 1.82) is 0 Å². The number of amides is 1. The average molecular weight is 326 g/mol. The minimum atomic E-state index is -0.237. The Hall–Kier alpha value is -2.43. The number of hydrogen-bond donors (Lipinski definition) is 1. The first-order chi connectivity index (χ1) is 11.5. The van der Waals surface area contributed by atoms with Crippen LogP contribution in [0.25, 0.3) is 0 Å². The van der Waals surface area contributed by atoms with Gasteiger partial charge in [-0.3, -0.25) is 4.79 Å². The molecule has 2 rings (SSSR count). The van der Waals surface area contributed by atoms with E-state index in [1.165, 1.54) is 5.56 Å². The molecule has 0 bridgehead atoms. The number of aryl methyl sites for hydroxylation is 2. The minimum absolute atomic E-state index is 0.237. The summed E-state index contributed by atoms with van der Waals surface area (Å²) in [4.78, 5) is 14.5. The van der Waals surface area contributed by atoms with Gasteiger partial charge in [-0.2, -0.15) is 0 Å². The molecule has 1 aromatic carbocycles. The quantitative estimate of drug-likeness (QED) is 0.836. The second kappa shape index (κ2) is 8.43. The van der Waals surface area contributed by atoms with Crippen molar-refractivity contribution in [2.24, 2.45) is 0 Å². The largest absolute Gasteiger partial charge is 0.355 e. The standard InChI is InChI=1S/C19H26N4O/c1-5-11-23(12-6-2)18-10-9-17(21-22-18)19(24)20-16-8-7-14(3)13-15(16)4/h7-10,13H,5-6,11-12H2,1-4H3,(H,20,24). The van der Waals surface area contributed by atoms with Crippen molar-refractivity contribution in [2.45, 2.75) is 40.5 Å². The summed E-state index contributed by atoms with van der Waals surface area (Å²) < 4.78 is 0. The van der Waals surface area contributed by atoms with Crippen molar-refractivity contribution in [3.8, 4) is 0 Å². The number of nitrogens with zero attached hydrogens (tertiary/aromatic N) is 3. The van der Waals surface area contributed by atoms with Crippen molar-refractivity contribution in [3.05, 3.63) is 47.2 Å². The van der Waals surface area contributed by atoms with Crippen LogP contribution < -0.4 is 10.2 Å². The van der Waals surface area contributed by atoms with Gasteiger partial charge in [0.05, 0.1) is 0 Å². The predicted molar refractivity (Wildman–Crippen MR) is 98.7 cm³/mol. The van der Waals surface area contributed by atoms with Gasteiger partial charge >= 0.3 is 0 Å². The maximum atomic E-state index is 12.4. The topological polar surface area (TPSA) is 58.1 Å². The molecule has 0 aliphatic heterocycles. The van der Waals surface area contributed by atoms with Gasteiger partial charge in [-0.05, 0) is 50.5 Å². The molecule has 0 spiro atoms. The van der Waals surface area contributed by atoms with E-state index >= 15 is 0 Å². The van der Waals surface area contributed by atoms with Gasteiger partial charge in [0.15, 0.2) is 11.5 Å². The summed E-state index contributed by atoms with van der Waals surface area (Å²) in [5.41, 5.74) is 3.33. The Labute approximate surface area is 144 Å². The predicted octanol–water partition coefficient (Wildman–Crippen LogP) is 3.97. The van der Waals surface area contributed by atoms with Gasteiger partial charge in [-0.25, -0.2) is 0 Å². The van der Waals surface area contributed by atoms with Crippen LogP contribution in [-0.4, -0.2) is 29.2 Å². The number of carbonyl (C=O) groups is 1. The van der Waals surface area contributed by atoms with Crippen LogP contribution in [0.1, 0.15) is 48.3 Å². The third-order valence-electron chi connectivity index (χ3n) is 3.82. The van der Waals surface area contributed by atoms with Gasteiger partial charge < -0.3 is 10.2 Å². The highest BCUT2D eigenvalue weighted by molar-refractivity contribution is 6.03. The van der Waals surface area contributed by atoms with Crippen LogP contribution in [-0.2, 0) is 0 Å². The molecule has 0 unspecified atom stereocenters. The van der Waals surface area contributed by atoms with Crippen LogP contribution in [0.3, 0.4) is 0 Å². The Balaban J connectivity index is 2.10. The fraction of sp³-hybridized carbons (Fsp3) is 0.421. The van der Waals surface area contributed by atoms with Crippen LogP contribution in [0.4, 0.5) is 11.5 Å². The molecular weight excluding hydrogens is 300 g/mol. The molecule has 1 aromatic heterocycles. The average Bonchev–Trinajstić information content (AvgIpc) is 2.57. The van der Waals surface area contributed by atoms with E-state index in [2.05, 4.69) is 34.3 Å². The molecule has 0 aliphatic carbocycles. The Morgan fingerprint density at radius 1 is 1.04 bits per heavy atom. The third-order valence-corrected chi connectivity index (χ3v) is 3.82. The lowest BCUT2D eigenvalue weighted by Crippen LogP contribution is -2.26. The zero-order chi connectivity index (χ0) is 17.5. The maximum absolute atomic E-state index is 12.4. The number of nitrogens with one attached hydrogen (secondary N) is 1. The number of hydrogen-bond acceptors (Lipinski definition) is 4. The van der Waals surface area contributed by atoms with Crippen LogP contribution in [0.5, 0.6) is 0 Å². The molecule has 1 N–H and O–H groups in total. The van der Waals surface area contributed by atoms with E-state index in [1.807, 2.05) is 38.1 Å². The fourth-order valence-corrected chi connectivity index (χ4v) is 2.64. The lowest BCUT2D eigenvalue weighted by Gasteiger charge is -2.21. The van der Waals surface area contributed by atoms with E-state index in [1.54, 1.807) is 6.07 Å². The van der Waals surface area contributed by atoms with Gasteiger partial charge in [0, 0.05) is 18.8 Å². The Kier molecular flexibility index (Phi) is 6.29. The highest BCUT2D eigenvalue weighted by Crippen LogP contribution is 2.17. The van der Waals surface area contributed by atoms with Crippen molar-refractivity contribution >= 4 is 17.4 Å². The lowest BCUT2D eigenvalue weighted by molar-refractivity contribution is 0.102. The lowest BCUT2D eigenvalue weighted by atomic mass is 10.1. The first-order valence-corrected chi connectivity index (χ1v) is 8.52. The van der Waals surface area contributed by atoms with E-state index < -0.39 is 0 Å². The summed E-state index contributed by atoms with van der Waals surface area (Å²) in [7, 11) is 0. The first kappa shape index (κ1) is 17.9. The highest BCUT2D eigenvalue weighted by atomic mass is 16.1. The van der Waals surface area contributed by atoms with E-state index in [0.717, 1.165) is 43.0 Å². The molecule has 128 valence electrons. The monoisotopic (exact) mass is 326 g/mol. The van der Waals surface area contributed by atoms with Crippen LogP contribution in [0.15, 0.2) is 30.3 Å². The smallest absolute Gasteiger partial charge is 0.276 e. The zero-order valence-corrected chi connectivity index (χ0v) is 15.0. The van der Waals surface area contributed by atoms with Gasteiger partial charge in [-0.15, -0.1) is 10.2 Å². The van der Waals surface area contributed by atoms with Crippen molar-refractivity contribution < 1.29 is 4.79 Å². The van der Waals surface area contributed by atoms with Crippen LogP contribution in [0.2, 0.25) is 0 Å². The van der Waals surface area contributed by atoms with Crippen LogP contribution >= 0.6 is 0 Å². The first-order valence-electron chi connectivity index (χ1n) is 8.52. The molecule has 5 nitrogen and oxygen atoms in total. The van der Waals surface area contributed by atoms with E-state index in [0.29, 0.717) is 5.69 Å². The fourth-order valence-electron chi connectivity index (χ4n) is 2.64. The third kappa shape index (κ3) is 4.54. The second-order valence-corrected chi connectivity index (χ2v) is 6.04. The van der Waals surface area contributed by atoms with Gasteiger partial charge in [0.2, 0.25) is 0 Å². The molecule has 0 saturated heterocycles. The molecule has 24 heavy (non-hydrogen) atoms. The Bertz CT molecular complexity index is 676. The summed E-state index contributed by atoms with van der Waals surface area (Å²) >= 11 is 0. The van der Waals surface area contributed by atoms with E-state index in [-0.39, 0.29) is 5.91 Å². The molecule has 0 fully saturated rings. The second-order valence-electron chi connectivity index (χ2n) is 6.04. The molecular formula is C19H26N4O. The summed E-state index contributed by atoms with van der Waals surface area (Å²) in [6.45, 7) is 10.2. The number of carbonyl (C=O) groups excluding carboxylic acids is 1. The molecule has 0 saturated carbocycles.